The van der Waals surface area contributed by atoms with E-state index in [1.807, 2.05) is 0 Å². The van der Waals surface area contributed by atoms with Crippen LogP contribution in [0, 0.1) is 46.3 Å². The number of likely N-dealkylation sites (tertiary alicyclic amines) is 1. The van der Waals surface area contributed by atoms with Gasteiger partial charge in [-0.1, -0.05) is 20.8 Å². The topological polar surface area (TPSA) is 226 Å². The number of aliphatic hydroxyl groups is 4. The molecular formula is C38H66N3O11P. The van der Waals surface area contributed by atoms with Gasteiger partial charge in [-0.2, -0.15) is 0 Å². The Balaban J connectivity index is 1.13. The first-order valence-electron chi connectivity index (χ1n) is 19.9. The van der Waals surface area contributed by atoms with Gasteiger partial charge < -0.3 is 45.6 Å². The van der Waals surface area contributed by atoms with E-state index in [2.05, 4.69) is 31.4 Å². The highest BCUT2D eigenvalue weighted by atomic mass is 31.2. The van der Waals surface area contributed by atoms with Crippen LogP contribution in [0.15, 0.2) is 0 Å². The van der Waals surface area contributed by atoms with Gasteiger partial charge in [0.25, 0.3) is 0 Å². The third-order valence-electron chi connectivity index (χ3n) is 15.0. The largest absolute Gasteiger partial charge is 0.479 e. The first kappa shape index (κ1) is 42.5. The molecule has 0 bridgehead atoms. The fraction of sp³-hybridized carbons (Fsp3) is 0.921. The summed E-state index contributed by atoms with van der Waals surface area (Å²) in [5, 5.41) is 56.2. The maximum atomic E-state index is 13.2. The molecule has 8 N–H and O–H groups in total. The Labute approximate surface area is 314 Å². The predicted octanol–water partition coefficient (Wildman–Crippen LogP) is 2.49. The van der Waals surface area contributed by atoms with Crippen LogP contribution in [0.4, 0.5) is 0 Å². The van der Waals surface area contributed by atoms with Gasteiger partial charge in [0.15, 0.2) is 5.54 Å². The number of amides is 2. The number of fused-ring (bicyclic) bond motifs is 5. The normalized spacial score (nSPS) is 41.2. The van der Waals surface area contributed by atoms with Gasteiger partial charge in [0.05, 0.1) is 49.8 Å². The van der Waals surface area contributed by atoms with Crippen molar-refractivity contribution in [3.8, 4) is 0 Å². The summed E-state index contributed by atoms with van der Waals surface area (Å²) in [5.41, 5.74) is -1.46. The minimum atomic E-state index is -4.46. The van der Waals surface area contributed by atoms with Crippen LogP contribution in [-0.4, -0.2) is 122 Å². The maximum Gasteiger partial charge on any atom is 0.331 e. The van der Waals surface area contributed by atoms with Crippen molar-refractivity contribution in [3.05, 3.63) is 0 Å². The molecule has 1 heterocycles. The smallest absolute Gasteiger partial charge is 0.331 e. The lowest BCUT2D eigenvalue weighted by Crippen LogP contribution is -2.55. The van der Waals surface area contributed by atoms with Gasteiger partial charge in [0, 0.05) is 26.4 Å². The van der Waals surface area contributed by atoms with E-state index >= 15 is 0 Å². The van der Waals surface area contributed by atoms with Crippen LogP contribution in [0.5, 0.6) is 0 Å². The molecular weight excluding hydrogens is 705 g/mol. The zero-order valence-corrected chi connectivity index (χ0v) is 33.2. The summed E-state index contributed by atoms with van der Waals surface area (Å²) in [4.78, 5) is 49.1. The van der Waals surface area contributed by atoms with Crippen LogP contribution < -0.4 is 10.6 Å². The first-order valence-corrected chi connectivity index (χ1v) is 21.7. The second-order valence-corrected chi connectivity index (χ2v) is 20.1. The summed E-state index contributed by atoms with van der Waals surface area (Å²) in [6, 6.07) is -1.81. The van der Waals surface area contributed by atoms with Crippen LogP contribution in [0.1, 0.15) is 105 Å². The van der Waals surface area contributed by atoms with E-state index in [0.717, 1.165) is 25.7 Å². The van der Waals surface area contributed by atoms with Crippen LogP contribution >= 0.6 is 7.60 Å². The predicted molar refractivity (Wildman–Crippen MR) is 197 cm³/mol. The Bertz CT molecular complexity index is 1390. The van der Waals surface area contributed by atoms with E-state index in [1.165, 1.54) is 50.9 Å². The summed E-state index contributed by atoms with van der Waals surface area (Å²) >= 11 is 0. The minimum Gasteiger partial charge on any atom is -0.479 e. The summed E-state index contributed by atoms with van der Waals surface area (Å²) in [5.74, 6) is 1.15. The zero-order chi connectivity index (χ0) is 39.1. The molecule has 5 aliphatic rings. The van der Waals surface area contributed by atoms with E-state index < -0.39 is 68.7 Å². The maximum absolute atomic E-state index is 13.2. The number of carboxylic acid groups (broad SMARTS) is 1. The van der Waals surface area contributed by atoms with Crippen LogP contribution in [0.25, 0.3) is 0 Å². The van der Waals surface area contributed by atoms with Gasteiger partial charge in [0.2, 0.25) is 11.8 Å². The Morgan fingerprint density at radius 1 is 0.981 bits per heavy atom. The third kappa shape index (κ3) is 8.70. The van der Waals surface area contributed by atoms with Gasteiger partial charge in [-0.3, -0.25) is 19.1 Å². The molecule has 0 radical (unpaired) electrons. The second-order valence-electron chi connectivity index (χ2n) is 18.1. The van der Waals surface area contributed by atoms with Crippen LogP contribution in [-0.2, 0) is 23.5 Å². The first-order chi connectivity index (χ1) is 24.8. The molecule has 53 heavy (non-hydrogen) atoms. The Hall–Kier alpha value is -1.64. The molecule has 1 aliphatic heterocycles. The van der Waals surface area contributed by atoms with Gasteiger partial charge >= 0.3 is 13.6 Å². The lowest BCUT2D eigenvalue weighted by molar-refractivity contribution is -0.148. The van der Waals surface area contributed by atoms with Gasteiger partial charge in [0.1, 0.15) is 0 Å². The van der Waals surface area contributed by atoms with Crippen molar-refractivity contribution in [2.45, 2.75) is 141 Å². The quantitative estimate of drug-likeness (QED) is 0.113. The lowest BCUT2D eigenvalue weighted by atomic mass is 9.44. The Kier molecular flexibility index (Phi) is 13.2. The van der Waals surface area contributed by atoms with Crippen molar-refractivity contribution in [1.82, 2.24) is 15.5 Å². The molecule has 14 nitrogen and oxygen atoms in total. The zero-order valence-electron chi connectivity index (χ0n) is 32.3. The standard InChI is InChI=1S/C38H66N3O11P/c1-22(27-9-10-28-26-8-7-24-18-25(44)12-14-36(24,3)29(26)13-15-37(27,28)4)6-11-32(45)40-38(5,35(48)49)21-52-53(50,51)17-16-41-30(19-39-23(2)43)33(46)34(47)31(41)20-42/h22,24-31,33-34,42,44,46-47H,6-21H2,1-5H3,(H,39,43)(H,40,45)(H,48,49)(H,50,51)/t22-,24?,25+,26-,27+,28-,29-,30+,31+,33+,34+,36-,37+,38?/m0/s1. The van der Waals surface area contributed by atoms with Crippen molar-refractivity contribution in [1.29, 1.82) is 0 Å². The van der Waals surface area contributed by atoms with Crippen LogP contribution in [0.3, 0.4) is 0 Å². The van der Waals surface area contributed by atoms with Crippen LogP contribution in [0.2, 0.25) is 0 Å². The molecule has 0 aromatic rings. The van der Waals surface area contributed by atoms with Gasteiger partial charge in [-0.15, -0.1) is 0 Å². The average molecular weight is 772 g/mol. The molecule has 0 spiro atoms. The molecule has 0 aromatic carbocycles. The highest BCUT2D eigenvalue weighted by molar-refractivity contribution is 7.52. The number of nitrogens with zero attached hydrogens (tertiary/aromatic N) is 1. The number of carboxylic acids is 1. The minimum absolute atomic E-state index is 0.0732. The number of carbonyl (C=O) groups is 3. The molecule has 3 unspecified atom stereocenters. The monoisotopic (exact) mass is 771 g/mol. The number of hydrogen-bond acceptors (Lipinski definition) is 10. The second kappa shape index (κ2) is 16.5. The molecule has 4 saturated carbocycles. The van der Waals surface area contributed by atoms with Crippen molar-refractivity contribution >= 4 is 25.4 Å². The van der Waals surface area contributed by atoms with Gasteiger partial charge in [-0.05, 0) is 117 Å². The number of aliphatic hydroxyl groups excluding tert-OH is 4. The summed E-state index contributed by atoms with van der Waals surface area (Å²) in [6.07, 6.45) is 7.49. The number of nitrogens with one attached hydrogen (secondary N) is 2. The number of carbonyl (C=O) groups excluding carboxylic acids is 2. The van der Waals surface area contributed by atoms with Crippen molar-refractivity contribution in [3.63, 3.8) is 0 Å². The van der Waals surface area contributed by atoms with E-state index in [9.17, 15) is 49.4 Å². The highest BCUT2D eigenvalue weighted by Gasteiger charge is 2.60. The van der Waals surface area contributed by atoms with E-state index in [0.29, 0.717) is 41.4 Å². The summed E-state index contributed by atoms with van der Waals surface area (Å²) in [7, 11) is -4.46. The third-order valence-corrected chi connectivity index (χ3v) is 16.3. The van der Waals surface area contributed by atoms with E-state index in [-0.39, 0.29) is 42.9 Å². The van der Waals surface area contributed by atoms with E-state index in [1.54, 1.807) is 0 Å². The molecule has 2 amide bonds. The molecule has 0 aromatic heterocycles. The Morgan fingerprint density at radius 2 is 1.64 bits per heavy atom. The number of aliphatic carboxylic acids is 1. The number of hydrogen-bond donors (Lipinski definition) is 8. The lowest BCUT2D eigenvalue weighted by Gasteiger charge is -2.61. The fourth-order valence-electron chi connectivity index (χ4n) is 12.0. The van der Waals surface area contributed by atoms with Gasteiger partial charge in [-0.25, -0.2) is 4.79 Å². The number of rotatable bonds is 15. The highest BCUT2D eigenvalue weighted by Crippen LogP contribution is 2.68. The molecule has 304 valence electrons. The Morgan fingerprint density at radius 3 is 2.30 bits per heavy atom. The average Bonchev–Trinajstić information content (AvgIpc) is 3.56. The summed E-state index contributed by atoms with van der Waals surface area (Å²) < 4.78 is 18.3. The summed E-state index contributed by atoms with van der Waals surface area (Å²) in [6.45, 7) is 8.08. The van der Waals surface area contributed by atoms with E-state index in [4.69, 9.17) is 4.52 Å². The van der Waals surface area contributed by atoms with Crippen molar-refractivity contribution in [2.24, 2.45) is 46.3 Å². The SMILES string of the molecule is CC(=O)NC[C@@H]1[C@@H](O)[C@H](O)[C@@H](CO)N1CCP(=O)(O)OCC(C)(NC(=O)CC[C@H](C)[C@H]1CC[C@H]2[C@@H]3CCC4C[C@H](O)CC[C@]4(C)[C@H]3CC[C@]12C)C(=O)O. The molecule has 4 aliphatic carbocycles. The molecule has 1 saturated heterocycles. The molecule has 15 heteroatoms. The molecule has 5 rings (SSSR count). The van der Waals surface area contributed by atoms with Crippen molar-refractivity contribution in [2.75, 3.05) is 32.5 Å². The van der Waals surface area contributed by atoms with Crippen molar-refractivity contribution < 1.29 is 53.9 Å². The molecule has 15 atom stereocenters. The fourth-order valence-corrected chi connectivity index (χ4v) is 13.0. The molecule has 5 fully saturated rings.